The molecule has 1 aliphatic heterocycles. The summed E-state index contributed by atoms with van der Waals surface area (Å²) in [5.41, 5.74) is 1.02. The van der Waals surface area contributed by atoms with Gasteiger partial charge < -0.3 is 14.3 Å². The van der Waals surface area contributed by atoms with Crippen LogP contribution in [0.15, 0.2) is 40.8 Å². The van der Waals surface area contributed by atoms with Crippen molar-refractivity contribution < 1.29 is 9.21 Å². The van der Waals surface area contributed by atoms with Crippen LogP contribution in [0.2, 0.25) is 5.02 Å². The second kappa shape index (κ2) is 9.88. The van der Waals surface area contributed by atoms with E-state index in [0.717, 1.165) is 67.8 Å². The van der Waals surface area contributed by atoms with Crippen LogP contribution in [0.25, 0.3) is 11.3 Å². The molecule has 32 heavy (non-hydrogen) atoms. The predicted molar refractivity (Wildman–Crippen MR) is 124 cm³/mol. The number of carbonyl (C=O) groups excluding carboxylic acids is 1. The van der Waals surface area contributed by atoms with Crippen LogP contribution in [-0.2, 0) is 24.3 Å². The molecule has 1 atom stereocenters. The number of hydrogen-bond acceptors (Lipinski definition) is 5. The first kappa shape index (κ1) is 22.6. The Kier molecular flexibility index (Phi) is 6.96. The third kappa shape index (κ3) is 5.40. The molecule has 1 unspecified atom stereocenters. The monoisotopic (exact) mass is 455 g/mol. The van der Waals surface area contributed by atoms with Crippen LogP contribution < -0.4 is 5.32 Å². The first-order chi connectivity index (χ1) is 15.4. The van der Waals surface area contributed by atoms with Crippen LogP contribution in [-0.4, -0.2) is 38.7 Å². The van der Waals surface area contributed by atoms with E-state index in [0.29, 0.717) is 10.9 Å². The third-order valence-corrected chi connectivity index (χ3v) is 5.97. The van der Waals surface area contributed by atoms with E-state index in [1.54, 1.807) is 6.92 Å². The van der Waals surface area contributed by atoms with E-state index in [-0.39, 0.29) is 11.9 Å². The number of amides is 1. The molecule has 4 rings (SSSR count). The molecule has 0 aliphatic carbocycles. The van der Waals surface area contributed by atoms with E-state index < -0.39 is 0 Å². The number of aromatic nitrogens is 3. The van der Waals surface area contributed by atoms with Gasteiger partial charge in [-0.1, -0.05) is 25.4 Å². The molecule has 170 valence electrons. The standard InChI is InChI=1S/C24H30ClN5O2/c1-16(2)14-21(26-17(3)31)24-28-27-23-10-11-29(12-13-30(23)24)15-20-8-9-22(32-20)18-4-6-19(25)7-5-18/h4-9,16,21H,10-15H2,1-3H3,(H,26,31). The summed E-state index contributed by atoms with van der Waals surface area (Å²) in [6.07, 6.45) is 1.65. The zero-order valence-corrected chi connectivity index (χ0v) is 19.6. The number of halogens is 1. The molecule has 0 spiro atoms. The van der Waals surface area contributed by atoms with Gasteiger partial charge in [-0.2, -0.15) is 0 Å². The third-order valence-electron chi connectivity index (χ3n) is 5.71. The molecule has 1 N–H and O–H groups in total. The summed E-state index contributed by atoms with van der Waals surface area (Å²) in [6.45, 7) is 9.12. The lowest BCUT2D eigenvalue weighted by molar-refractivity contribution is -0.119. The van der Waals surface area contributed by atoms with Gasteiger partial charge in [0.25, 0.3) is 0 Å². The van der Waals surface area contributed by atoms with Crippen LogP contribution >= 0.6 is 11.6 Å². The molecule has 2 aromatic heterocycles. The number of hydrogen-bond donors (Lipinski definition) is 1. The van der Waals surface area contributed by atoms with Gasteiger partial charge in [0.1, 0.15) is 17.3 Å². The Balaban J connectivity index is 1.43. The first-order valence-corrected chi connectivity index (χ1v) is 11.5. The smallest absolute Gasteiger partial charge is 0.217 e. The fraction of sp³-hybridized carbons (Fsp3) is 0.458. The largest absolute Gasteiger partial charge is 0.460 e. The van der Waals surface area contributed by atoms with Crippen LogP contribution in [0.4, 0.5) is 0 Å². The van der Waals surface area contributed by atoms with Crippen molar-refractivity contribution in [2.24, 2.45) is 5.92 Å². The van der Waals surface area contributed by atoms with E-state index in [9.17, 15) is 4.79 Å². The molecular formula is C24H30ClN5O2. The Morgan fingerprint density at radius 3 is 2.62 bits per heavy atom. The predicted octanol–water partition coefficient (Wildman–Crippen LogP) is 4.47. The number of nitrogens with one attached hydrogen (secondary N) is 1. The Morgan fingerprint density at radius 1 is 1.12 bits per heavy atom. The molecule has 3 heterocycles. The van der Waals surface area contributed by atoms with E-state index in [4.69, 9.17) is 16.0 Å². The number of rotatable bonds is 7. The molecule has 1 aromatic carbocycles. The lowest BCUT2D eigenvalue weighted by Crippen LogP contribution is -2.31. The van der Waals surface area contributed by atoms with Gasteiger partial charge in [-0.15, -0.1) is 10.2 Å². The van der Waals surface area contributed by atoms with Crippen LogP contribution in [0.5, 0.6) is 0 Å². The van der Waals surface area contributed by atoms with Crippen LogP contribution in [0.3, 0.4) is 0 Å². The minimum atomic E-state index is -0.118. The molecule has 8 heteroatoms. The van der Waals surface area contributed by atoms with Gasteiger partial charge in [-0.3, -0.25) is 9.69 Å². The van der Waals surface area contributed by atoms with Crippen molar-refractivity contribution in [2.75, 3.05) is 13.1 Å². The Hall–Kier alpha value is -2.64. The summed E-state index contributed by atoms with van der Waals surface area (Å²) in [5, 5.41) is 12.7. The average molecular weight is 456 g/mol. The zero-order valence-electron chi connectivity index (χ0n) is 18.8. The molecule has 0 saturated heterocycles. The fourth-order valence-corrected chi connectivity index (χ4v) is 4.33. The van der Waals surface area contributed by atoms with Gasteiger partial charge in [0.05, 0.1) is 12.6 Å². The highest BCUT2D eigenvalue weighted by molar-refractivity contribution is 6.30. The summed E-state index contributed by atoms with van der Waals surface area (Å²) in [7, 11) is 0. The number of benzene rings is 1. The highest BCUT2D eigenvalue weighted by atomic mass is 35.5. The molecule has 3 aromatic rings. The van der Waals surface area contributed by atoms with Gasteiger partial charge in [0.2, 0.25) is 5.91 Å². The Morgan fingerprint density at radius 2 is 1.91 bits per heavy atom. The summed E-state index contributed by atoms with van der Waals surface area (Å²) in [4.78, 5) is 14.1. The lowest BCUT2D eigenvalue weighted by Gasteiger charge is -2.21. The van der Waals surface area contributed by atoms with Gasteiger partial charge in [0, 0.05) is 43.6 Å². The van der Waals surface area contributed by atoms with Crippen LogP contribution in [0.1, 0.15) is 50.6 Å². The number of furan rings is 1. The summed E-state index contributed by atoms with van der Waals surface area (Å²) in [6, 6.07) is 11.6. The molecule has 0 radical (unpaired) electrons. The van der Waals surface area contributed by atoms with Crippen molar-refractivity contribution in [3.63, 3.8) is 0 Å². The quantitative estimate of drug-likeness (QED) is 0.568. The molecule has 0 saturated carbocycles. The van der Waals surface area contributed by atoms with E-state index >= 15 is 0 Å². The van der Waals surface area contributed by atoms with E-state index in [1.165, 1.54) is 0 Å². The summed E-state index contributed by atoms with van der Waals surface area (Å²) in [5.74, 6) is 4.01. The first-order valence-electron chi connectivity index (χ1n) is 11.1. The molecule has 1 aliphatic rings. The van der Waals surface area contributed by atoms with Gasteiger partial charge >= 0.3 is 0 Å². The van der Waals surface area contributed by atoms with Crippen molar-refractivity contribution in [3.05, 3.63) is 58.8 Å². The van der Waals surface area contributed by atoms with Gasteiger partial charge in [-0.05, 0) is 48.7 Å². The fourth-order valence-electron chi connectivity index (χ4n) is 4.20. The minimum absolute atomic E-state index is 0.0439. The normalized spacial score (nSPS) is 15.4. The summed E-state index contributed by atoms with van der Waals surface area (Å²) >= 11 is 5.99. The minimum Gasteiger partial charge on any atom is -0.460 e. The molecular weight excluding hydrogens is 426 g/mol. The number of carbonyl (C=O) groups is 1. The van der Waals surface area contributed by atoms with Crippen molar-refractivity contribution in [1.82, 2.24) is 25.0 Å². The number of nitrogens with zero attached hydrogens (tertiary/aromatic N) is 4. The Bertz CT molecular complexity index is 1060. The van der Waals surface area contributed by atoms with Crippen molar-refractivity contribution in [3.8, 4) is 11.3 Å². The topological polar surface area (TPSA) is 76.2 Å². The van der Waals surface area contributed by atoms with Crippen molar-refractivity contribution >= 4 is 17.5 Å². The Labute approximate surface area is 193 Å². The van der Waals surface area contributed by atoms with E-state index in [2.05, 4.69) is 38.8 Å². The second-order valence-electron chi connectivity index (χ2n) is 8.81. The van der Waals surface area contributed by atoms with E-state index in [1.807, 2.05) is 36.4 Å². The molecule has 1 amide bonds. The summed E-state index contributed by atoms with van der Waals surface area (Å²) < 4.78 is 8.28. The SMILES string of the molecule is CC(=O)NC(CC(C)C)c1nnc2n1CCN(Cc1ccc(-c3ccc(Cl)cc3)o1)CC2. The maximum absolute atomic E-state index is 11.7. The molecule has 0 fully saturated rings. The average Bonchev–Trinajstić information content (AvgIpc) is 3.31. The highest BCUT2D eigenvalue weighted by Crippen LogP contribution is 2.26. The van der Waals surface area contributed by atoms with Gasteiger partial charge in [-0.25, -0.2) is 0 Å². The molecule has 7 nitrogen and oxygen atoms in total. The maximum Gasteiger partial charge on any atom is 0.217 e. The van der Waals surface area contributed by atoms with Crippen LogP contribution in [0, 0.1) is 5.92 Å². The zero-order chi connectivity index (χ0) is 22.7. The van der Waals surface area contributed by atoms with Gasteiger partial charge in [0.15, 0.2) is 5.82 Å². The second-order valence-corrected chi connectivity index (χ2v) is 9.24. The molecule has 0 bridgehead atoms. The maximum atomic E-state index is 11.7. The number of fused-ring (bicyclic) bond motifs is 1. The van der Waals surface area contributed by atoms with Crippen molar-refractivity contribution in [2.45, 2.75) is 52.7 Å². The van der Waals surface area contributed by atoms with Crippen molar-refractivity contribution in [1.29, 1.82) is 0 Å². The highest BCUT2D eigenvalue weighted by Gasteiger charge is 2.25. The lowest BCUT2D eigenvalue weighted by atomic mass is 10.0.